The van der Waals surface area contributed by atoms with E-state index in [-0.39, 0.29) is 43.7 Å². The van der Waals surface area contributed by atoms with Gasteiger partial charge in [-0.15, -0.1) is 11.3 Å². The number of aliphatic hydroxyl groups excluding tert-OH is 1. The highest BCUT2D eigenvalue weighted by atomic mass is 32.1. The Balaban J connectivity index is 1.57. The normalized spacial score (nSPS) is 17.9. The van der Waals surface area contributed by atoms with Crippen LogP contribution in [0.3, 0.4) is 0 Å². The van der Waals surface area contributed by atoms with Crippen LogP contribution in [0.2, 0.25) is 0 Å². The van der Waals surface area contributed by atoms with E-state index in [0.717, 1.165) is 28.1 Å². The molecule has 0 spiro atoms. The standard InChI is InChI=1S/C30H44N4O6S/c1-6-12-39-14-15-40-13-11-25(36)33-27(30(3,4)5)29(38)34-18-23(35)16-24(34)28(37)31-17-21-7-9-22(10-8-21)26-20(2)32-19-41-26/h7-10,19,23-24,27,35H,6,11-18H2,1-5H3,(H,31,37)(H,33,36)/t23-,24+,27-/m1/s1. The molecule has 1 aromatic carbocycles. The van der Waals surface area contributed by atoms with Gasteiger partial charge in [-0.2, -0.15) is 0 Å². The molecule has 10 nitrogen and oxygen atoms in total. The van der Waals surface area contributed by atoms with Gasteiger partial charge in [-0.3, -0.25) is 14.4 Å². The van der Waals surface area contributed by atoms with E-state index in [1.807, 2.05) is 64.4 Å². The number of aliphatic hydroxyl groups is 1. The van der Waals surface area contributed by atoms with Gasteiger partial charge < -0.3 is 30.1 Å². The maximum absolute atomic E-state index is 13.7. The fourth-order valence-corrected chi connectivity index (χ4v) is 5.46. The second kappa shape index (κ2) is 15.4. The van der Waals surface area contributed by atoms with Crippen LogP contribution in [0, 0.1) is 12.3 Å². The van der Waals surface area contributed by atoms with E-state index in [1.165, 1.54) is 4.90 Å². The zero-order valence-electron chi connectivity index (χ0n) is 24.8. The molecule has 1 aromatic heterocycles. The highest BCUT2D eigenvalue weighted by Crippen LogP contribution is 2.28. The molecule has 3 N–H and O–H groups in total. The van der Waals surface area contributed by atoms with Crippen LogP contribution in [0.5, 0.6) is 0 Å². The lowest BCUT2D eigenvalue weighted by Gasteiger charge is -2.35. The van der Waals surface area contributed by atoms with Gasteiger partial charge in [0.05, 0.1) is 42.0 Å². The van der Waals surface area contributed by atoms with E-state index in [2.05, 4.69) is 15.6 Å². The Morgan fingerprint density at radius 2 is 1.80 bits per heavy atom. The summed E-state index contributed by atoms with van der Waals surface area (Å²) in [5.41, 5.74) is 4.16. The smallest absolute Gasteiger partial charge is 0.246 e. The molecule has 41 heavy (non-hydrogen) atoms. The third kappa shape index (κ3) is 9.59. The molecule has 226 valence electrons. The van der Waals surface area contributed by atoms with Crippen LogP contribution >= 0.6 is 11.3 Å². The Labute approximate surface area is 246 Å². The van der Waals surface area contributed by atoms with Crippen LogP contribution in [-0.2, 0) is 30.4 Å². The maximum Gasteiger partial charge on any atom is 0.246 e. The highest BCUT2D eigenvalue weighted by Gasteiger charge is 2.44. The average molecular weight is 589 g/mol. The molecule has 0 aliphatic carbocycles. The molecule has 0 saturated carbocycles. The van der Waals surface area contributed by atoms with Crippen LogP contribution in [0.15, 0.2) is 29.8 Å². The van der Waals surface area contributed by atoms with Gasteiger partial charge in [-0.25, -0.2) is 4.98 Å². The Bertz CT molecular complexity index is 1150. The van der Waals surface area contributed by atoms with E-state index >= 15 is 0 Å². The number of benzene rings is 1. The van der Waals surface area contributed by atoms with Gasteiger partial charge in [-0.1, -0.05) is 52.0 Å². The van der Waals surface area contributed by atoms with E-state index in [4.69, 9.17) is 9.47 Å². The van der Waals surface area contributed by atoms with Gasteiger partial charge in [-0.05, 0) is 29.9 Å². The van der Waals surface area contributed by atoms with Crippen molar-refractivity contribution >= 4 is 29.1 Å². The zero-order chi connectivity index (χ0) is 30.0. The predicted octanol–water partition coefficient (Wildman–Crippen LogP) is 3.06. The number of likely N-dealkylation sites (tertiary alicyclic amines) is 1. The lowest BCUT2D eigenvalue weighted by molar-refractivity contribution is -0.144. The Hall–Kier alpha value is -2.86. The van der Waals surface area contributed by atoms with Gasteiger partial charge in [0.2, 0.25) is 17.7 Å². The summed E-state index contributed by atoms with van der Waals surface area (Å²) in [6.07, 6.45) is 0.348. The Morgan fingerprint density at radius 3 is 2.41 bits per heavy atom. The molecule has 0 unspecified atom stereocenters. The molecule has 3 amide bonds. The van der Waals surface area contributed by atoms with Crippen molar-refractivity contribution in [2.24, 2.45) is 5.41 Å². The van der Waals surface area contributed by atoms with Crippen LogP contribution in [-0.4, -0.2) is 83.9 Å². The summed E-state index contributed by atoms with van der Waals surface area (Å²) in [7, 11) is 0. The van der Waals surface area contributed by atoms with E-state index in [9.17, 15) is 19.5 Å². The molecule has 1 saturated heterocycles. The number of amides is 3. The van der Waals surface area contributed by atoms with Gasteiger partial charge in [0.1, 0.15) is 12.1 Å². The molecule has 0 radical (unpaired) electrons. The number of aryl methyl sites for hydroxylation is 1. The minimum absolute atomic E-state index is 0.0309. The largest absolute Gasteiger partial charge is 0.391 e. The van der Waals surface area contributed by atoms with Crippen molar-refractivity contribution in [3.05, 3.63) is 41.0 Å². The molecule has 2 aromatic rings. The summed E-state index contributed by atoms with van der Waals surface area (Å²) < 4.78 is 10.8. The highest BCUT2D eigenvalue weighted by molar-refractivity contribution is 7.13. The van der Waals surface area contributed by atoms with Crippen molar-refractivity contribution < 1.29 is 29.0 Å². The third-order valence-electron chi connectivity index (χ3n) is 6.91. The average Bonchev–Trinajstić information content (AvgIpc) is 3.54. The van der Waals surface area contributed by atoms with Gasteiger partial charge >= 0.3 is 0 Å². The molecule has 1 aliphatic heterocycles. The van der Waals surface area contributed by atoms with E-state index < -0.39 is 23.6 Å². The first-order chi connectivity index (χ1) is 19.5. The fraction of sp³-hybridized carbons (Fsp3) is 0.600. The first kappa shape index (κ1) is 32.7. The molecule has 3 rings (SSSR count). The maximum atomic E-state index is 13.7. The van der Waals surface area contributed by atoms with Crippen molar-refractivity contribution in [2.75, 3.05) is 33.0 Å². The minimum atomic E-state index is -0.869. The fourth-order valence-electron chi connectivity index (χ4n) is 4.64. The third-order valence-corrected chi connectivity index (χ3v) is 7.88. The number of ether oxygens (including phenoxy) is 2. The number of hydrogen-bond acceptors (Lipinski definition) is 8. The van der Waals surface area contributed by atoms with Crippen LogP contribution in [0.4, 0.5) is 0 Å². The van der Waals surface area contributed by atoms with E-state index in [0.29, 0.717) is 26.4 Å². The number of thiazole rings is 1. The van der Waals surface area contributed by atoms with Crippen LogP contribution in [0.25, 0.3) is 10.4 Å². The molecular formula is C30H44N4O6S. The first-order valence-electron chi connectivity index (χ1n) is 14.2. The summed E-state index contributed by atoms with van der Waals surface area (Å²) >= 11 is 1.58. The van der Waals surface area contributed by atoms with Crippen molar-refractivity contribution in [3.63, 3.8) is 0 Å². The molecule has 1 aliphatic rings. The van der Waals surface area contributed by atoms with Crippen molar-refractivity contribution in [1.82, 2.24) is 20.5 Å². The molecular weight excluding hydrogens is 544 g/mol. The van der Waals surface area contributed by atoms with Gasteiger partial charge in [0.25, 0.3) is 0 Å². The summed E-state index contributed by atoms with van der Waals surface area (Å²) in [6, 6.07) is 6.21. The molecule has 0 bridgehead atoms. The van der Waals surface area contributed by atoms with Crippen molar-refractivity contribution in [3.8, 4) is 10.4 Å². The number of carbonyl (C=O) groups excluding carboxylic acids is 3. The van der Waals surface area contributed by atoms with Gasteiger partial charge in [0.15, 0.2) is 0 Å². The SMILES string of the molecule is CCCOCCOCCC(=O)N[C@H](C(=O)N1C[C@H](O)C[C@H]1C(=O)NCc1ccc(-c2scnc2C)cc1)C(C)(C)C. The molecule has 3 atom stereocenters. The summed E-state index contributed by atoms with van der Waals surface area (Å²) in [6.45, 7) is 11.6. The number of rotatable bonds is 14. The first-order valence-corrected chi connectivity index (χ1v) is 15.1. The summed E-state index contributed by atoms with van der Waals surface area (Å²) in [5, 5.41) is 16.1. The molecule has 2 heterocycles. The lowest BCUT2D eigenvalue weighted by Crippen LogP contribution is -2.57. The van der Waals surface area contributed by atoms with Crippen molar-refractivity contribution in [1.29, 1.82) is 0 Å². The summed E-state index contributed by atoms with van der Waals surface area (Å²) in [4.78, 5) is 46.4. The van der Waals surface area contributed by atoms with Crippen LogP contribution in [0.1, 0.15) is 58.2 Å². The second-order valence-corrected chi connectivity index (χ2v) is 12.3. The number of nitrogens with one attached hydrogen (secondary N) is 2. The number of carbonyl (C=O) groups is 3. The van der Waals surface area contributed by atoms with Gasteiger partial charge in [0, 0.05) is 32.5 Å². The zero-order valence-corrected chi connectivity index (χ0v) is 25.6. The Morgan fingerprint density at radius 1 is 1.12 bits per heavy atom. The number of nitrogens with zero attached hydrogens (tertiary/aromatic N) is 2. The monoisotopic (exact) mass is 588 g/mol. The molecule has 11 heteroatoms. The minimum Gasteiger partial charge on any atom is -0.391 e. The number of aromatic nitrogens is 1. The van der Waals surface area contributed by atoms with E-state index in [1.54, 1.807) is 11.3 Å². The quantitative estimate of drug-likeness (QED) is 0.289. The Kier molecular flexibility index (Phi) is 12.3. The number of hydrogen-bond donors (Lipinski definition) is 3. The van der Waals surface area contributed by atoms with Crippen LogP contribution < -0.4 is 10.6 Å². The second-order valence-electron chi connectivity index (χ2n) is 11.4. The summed E-state index contributed by atoms with van der Waals surface area (Å²) in [5.74, 6) is -1.04. The molecule has 1 fully saturated rings. The lowest BCUT2D eigenvalue weighted by atomic mass is 9.85. The number of β-amino-alcohol motifs (C(OH)–C–C–N with tert-alkyl or cyclic N) is 1. The topological polar surface area (TPSA) is 130 Å². The predicted molar refractivity (Wildman–Crippen MR) is 158 cm³/mol. The van der Waals surface area contributed by atoms with Crippen molar-refractivity contribution in [2.45, 2.75) is 78.6 Å².